The van der Waals surface area contributed by atoms with Gasteiger partial charge in [0.15, 0.2) is 0 Å². The van der Waals surface area contributed by atoms with Crippen LogP contribution in [0.3, 0.4) is 0 Å². The zero-order valence-electron chi connectivity index (χ0n) is 26.0. The number of fused-ring (bicyclic) bond motifs is 2. The molecule has 2 aromatic rings. The maximum atomic E-state index is 11.5. The Hall–Kier alpha value is -2.95. The Labute approximate surface area is 272 Å². The molecule has 0 fully saturated rings. The van der Waals surface area contributed by atoms with Gasteiger partial charge in [0, 0.05) is 39.5 Å². The molecular formula is C35H38ClNO6S2-2. The van der Waals surface area contributed by atoms with Gasteiger partial charge < -0.3 is 14.0 Å². The van der Waals surface area contributed by atoms with Crippen molar-refractivity contribution in [3.63, 3.8) is 0 Å². The van der Waals surface area contributed by atoms with Crippen molar-refractivity contribution < 1.29 is 25.9 Å². The van der Waals surface area contributed by atoms with E-state index in [2.05, 4.69) is 27.7 Å². The van der Waals surface area contributed by atoms with Crippen LogP contribution in [0.2, 0.25) is 0 Å². The van der Waals surface area contributed by atoms with E-state index in [9.17, 15) is 25.9 Å². The van der Waals surface area contributed by atoms with Crippen molar-refractivity contribution >= 4 is 43.1 Å². The number of hydrogen-bond acceptors (Lipinski definition) is 7. The first-order chi connectivity index (χ1) is 21.0. The van der Waals surface area contributed by atoms with Gasteiger partial charge in [-0.1, -0.05) is 100.0 Å². The maximum absolute atomic E-state index is 11.5. The van der Waals surface area contributed by atoms with Crippen molar-refractivity contribution in [1.29, 1.82) is 0 Å². The number of para-hydroxylation sites is 1. The van der Waals surface area contributed by atoms with E-state index in [1.165, 1.54) is 0 Å². The van der Waals surface area contributed by atoms with Crippen LogP contribution < -0.4 is 4.90 Å². The fraction of sp³-hybridized carbons (Fsp3) is 0.371. The maximum Gasteiger partial charge on any atom is 0.0963 e. The lowest BCUT2D eigenvalue weighted by Crippen LogP contribution is -2.30. The first-order valence-corrected chi connectivity index (χ1v) is 18.6. The molecule has 1 aliphatic heterocycles. The highest BCUT2D eigenvalue weighted by Gasteiger charge is 2.40. The number of anilines is 1. The summed E-state index contributed by atoms with van der Waals surface area (Å²) in [6, 6.07) is 15.7. The number of rotatable bonds is 9. The van der Waals surface area contributed by atoms with Crippen molar-refractivity contribution in [2.24, 2.45) is 0 Å². The van der Waals surface area contributed by atoms with Crippen LogP contribution in [0.25, 0.3) is 5.57 Å². The van der Waals surface area contributed by atoms with E-state index in [0.29, 0.717) is 5.03 Å². The van der Waals surface area contributed by atoms with Crippen molar-refractivity contribution in [1.82, 2.24) is 0 Å². The first kappa shape index (κ1) is 33.4. The highest BCUT2D eigenvalue weighted by Crippen LogP contribution is 2.49. The topological polar surface area (TPSA) is 118 Å². The second kappa shape index (κ2) is 12.3. The van der Waals surface area contributed by atoms with E-state index in [1.807, 2.05) is 77.7 Å². The molecule has 0 bridgehead atoms. The van der Waals surface area contributed by atoms with Gasteiger partial charge in [-0.2, -0.15) is 0 Å². The molecule has 0 unspecified atom stereocenters. The number of allylic oxidation sites excluding steroid dienone is 10. The predicted molar refractivity (Wildman–Crippen MR) is 179 cm³/mol. The third kappa shape index (κ3) is 6.93. The van der Waals surface area contributed by atoms with Crippen molar-refractivity contribution in [3.05, 3.63) is 117 Å². The quantitative estimate of drug-likeness (QED) is 0.263. The van der Waals surface area contributed by atoms with Crippen molar-refractivity contribution in [2.75, 3.05) is 23.0 Å². The summed E-state index contributed by atoms with van der Waals surface area (Å²) in [7, 11) is -8.78. The summed E-state index contributed by atoms with van der Waals surface area (Å²) in [5, 5.41) is 0.647. The van der Waals surface area contributed by atoms with Crippen molar-refractivity contribution in [2.45, 2.75) is 64.2 Å². The Bertz CT molecular complexity index is 1900. The second-order valence-electron chi connectivity index (χ2n) is 12.9. The molecule has 2 aromatic carbocycles. The normalized spacial score (nSPS) is 21.4. The Kier molecular flexibility index (Phi) is 9.16. The Morgan fingerprint density at radius 1 is 0.822 bits per heavy atom. The van der Waals surface area contributed by atoms with Crippen LogP contribution >= 0.6 is 11.6 Å². The zero-order valence-corrected chi connectivity index (χ0v) is 28.4. The molecule has 0 N–H and O–H groups in total. The van der Waals surface area contributed by atoms with E-state index in [4.69, 9.17) is 11.6 Å². The lowest BCUT2D eigenvalue weighted by Gasteiger charge is -2.27. The minimum atomic E-state index is -4.40. The highest BCUT2D eigenvalue weighted by atomic mass is 35.5. The minimum absolute atomic E-state index is 0.0576. The fourth-order valence-electron chi connectivity index (χ4n) is 6.92. The molecule has 10 heteroatoms. The first-order valence-electron chi connectivity index (χ1n) is 15.1. The molecule has 240 valence electrons. The average Bonchev–Trinajstić information content (AvgIpc) is 3.31. The molecule has 5 rings (SSSR count). The Balaban J connectivity index is 1.50. The highest BCUT2D eigenvalue weighted by molar-refractivity contribution is 7.85. The number of nitrogens with zero attached hydrogens (tertiary/aromatic N) is 1. The molecule has 0 amide bonds. The summed E-state index contributed by atoms with van der Waals surface area (Å²) in [6.45, 7) is 8.42. The summed E-state index contributed by atoms with van der Waals surface area (Å²) >= 11 is 7.01. The molecule has 1 heterocycles. The number of hydrogen-bond donors (Lipinski definition) is 0. The van der Waals surface area contributed by atoms with Gasteiger partial charge in [0.05, 0.1) is 26.0 Å². The molecule has 7 nitrogen and oxygen atoms in total. The molecular weight excluding hydrogens is 630 g/mol. The van der Waals surface area contributed by atoms with Crippen LogP contribution in [0.15, 0.2) is 100 Å². The standard InChI is InChI=1S/C35H40ClNO6S2/c1-34(2)28-13-6-5-12-26(28)27(20-22-44(38,39)40)29(34)18-16-24-10-9-11-25(33(24)36)17-19-32-35(3,4)30-14-7-8-15-31(30)37(32)21-23-45(41,42)43/h5-8,12-19H,9-11,20-23H2,1-4H3,(H,38,39,40)(H,41,42,43)/p-2/b18-16+,25-17?,32-19+. The fourth-order valence-corrected chi connectivity index (χ4v) is 8.10. The van der Waals surface area contributed by atoms with Crippen LogP contribution in [0, 0.1) is 0 Å². The summed E-state index contributed by atoms with van der Waals surface area (Å²) < 4.78 is 69.2. The van der Waals surface area contributed by atoms with Gasteiger partial charge in [0.1, 0.15) is 0 Å². The SMILES string of the molecule is CC1(C)C(/C=C/C2=C(Cl)C(=C/C=C3/N(CCS(=O)(=O)[O-])c4ccccc4C3(C)C)CCC2)=C(CCS(=O)(=O)[O-])c2ccccc21. The zero-order chi connectivity index (χ0) is 32.8. The molecule has 0 saturated heterocycles. The van der Waals surface area contributed by atoms with Crippen LogP contribution in [0.5, 0.6) is 0 Å². The largest absolute Gasteiger partial charge is 0.748 e. The molecule has 2 aliphatic carbocycles. The lowest BCUT2D eigenvalue weighted by molar-refractivity contribution is 0.460. The van der Waals surface area contributed by atoms with Crippen molar-refractivity contribution in [3.8, 4) is 0 Å². The number of halogens is 1. The molecule has 0 radical (unpaired) electrons. The van der Waals surface area contributed by atoms with E-state index in [0.717, 1.165) is 69.6 Å². The summed E-state index contributed by atoms with van der Waals surface area (Å²) in [5.41, 5.74) is 7.84. The monoisotopic (exact) mass is 667 g/mol. The van der Waals surface area contributed by atoms with Crippen LogP contribution in [-0.2, 0) is 31.1 Å². The minimum Gasteiger partial charge on any atom is -0.748 e. The van der Waals surface area contributed by atoms with Crippen LogP contribution in [-0.4, -0.2) is 44.0 Å². The summed E-state index contributed by atoms with van der Waals surface area (Å²) in [6.07, 6.45) is 10.6. The van der Waals surface area contributed by atoms with Gasteiger partial charge in [0.25, 0.3) is 0 Å². The van der Waals surface area contributed by atoms with E-state index in [-0.39, 0.29) is 18.4 Å². The van der Waals surface area contributed by atoms with Gasteiger partial charge >= 0.3 is 0 Å². The summed E-state index contributed by atoms with van der Waals surface area (Å²) in [4.78, 5) is 1.92. The van der Waals surface area contributed by atoms with Crippen LogP contribution in [0.1, 0.15) is 70.1 Å². The molecule has 0 aromatic heterocycles. The Morgan fingerprint density at radius 2 is 1.47 bits per heavy atom. The number of benzene rings is 2. The molecule has 0 atom stereocenters. The second-order valence-corrected chi connectivity index (χ2v) is 16.3. The van der Waals surface area contributed by atoms with Gasteiger partial charge in [-0.15, -0.1) is 0 Å². The van der Waals surface area contributed by atoms with E-state index >= 15 is 0 Å². The summed E-state index contributed by atoms with van der Waals surface area (Å²) in [5.74, 6) is -0.965. The van der Waals surface area contributed by atoms with Crippen LogP contribution in [0.4, 0.5) is 5.69 Å². The third-order valence-electron chi connectivity index (χ3n) is 9.24. The van der Waals surface area contributed by atoms with Gasteiger partial charge in [-0.25, -0.2) is 16.8 Å². The lowest BCUT2D eigenvalue weighted by atomic mass is 9.80. The van der Waals surface area contributed by atoms with E-state index < -0.39 is 37.2 Å². The smallest absolute Gasteiger partial charge is 0.0963 e. The molecule has 0 spiro atoms. The Morgan fingerprint density at radius 3 is 2.16 bits per heavy atom. The predicted octanol–water partition coefficient (Wildman–Crippen LogP) is 7.05. The average molecular weight is 668 g/mol. The van der Waals surface area contributed by atoms with Gasteiger partial charge in [-0.05, 0) is 76.8 Å². The molecule has 3 aliphatic rings. The van der Waals surface area contributed by atoms with Gasteiger partial charge in [0.2, 0.25) is 0 Å². The third-order valence-corrected chi connectivity index (χ3v) is 11.1. The van der Waals surface area contributed by atoms with E-state index in [1.54, 1.807) is 0 Å². The molecule has 45 heavy (non-hydrogen) atoms. The molecule has 0 saturated carbocycles. The van der Waals surface area contributed by atoms with Gasteiger partial charge in [-0.3, -0.25) is 0 Å².